The largest absolute Gasteiger partial charge is 0.369 e. The van der Waals surface area contributed by atoms with Crippen LogP contribution in [-0.2, 0) is 4.79 Å². The third-order valence-corrected chi connectivity index (χ3v) is 2.95. The third-order valence-electron chi connectivity index (χ3n) is 2.95. The van der Waals surface area contributed by atoms with E-state index in [0.29, 0.717) is 5.92 Å². The smallest absolute Gasteiger partial charge is 0.223 e. The van der Waals surface area contributed by atoms with Crippen molar-refractivity contribution in [1.82, 2.24) is 5.32 Å². The molecule has 3 N–H and O–H groups in total. The first-order valence-electron chi connectivity index (χ1n) is 4.56. The molecule has 0 aliphatic carbocycles. The zero-order valence-corrected chi connectivity index (χ0v) is 7.89. The van der Waals surface area contributed by atoms with Crippen molar-refractivity contribution in [2.45, 2.75) is 26.7 Å². The summed E-state index contributed by atoms with van der Waals surface area (Å²) in [6, 6.07) is 0. The standard InChI is InChI=1S/C9H18N2O/c1-9(2,8(10)12)7-4-3-5-11-6-7/h7,11H,3-6H2,1-2H3,(H2,10,12). The second kappa shape index (κ2) is 3.44. The first kappa shape index (κ1) is 9.52. The monoisotopic (exact) mass is 170 g/mol. The number of carbonyl (C=O) groups excluding carboxylic acids is 1. The quantitative estimate of drug-likeness (QED) is 0.634. The molecule has 3 heteroatoms. The molecule has 1 unspecified atom stereocenters. The highest BCUT2D eigenvalue weighted by Crippen LogP contribution is 2.30. The number of piperidine rings is 1. The van der Waals surface area contributed by atoms with Crippen LogP contribution in [0, 0.1) is 11.3 Å². The average Bonchev–Trinajstić information content (AvgIpc) is 2.06. The van der Waals surface area contributed by atoms with E-state index in [1.54, 1.807) is 0 Å². The molecule has 1 atom stereocenters. The molecule has 1 fully saturated rings. The Morgan fingerprint density at radius 3 is 2.67 bits per heavy atom. The molecule has 1 aliphatic heterocycles. The van der Waals surface area contributed by atoms with Gasteiger partial charge >= 0.3 is 0 Å². The van der Waals surface area contributed by atoms with E-state index in [4.69, 9.17) is 5.73 Å². The first-order valence-corrected chi connectivity index (χ1v) is 4.56. The average molecular weight is 170 g/mol. The number of rotatable bonds is 2. The number of nitrogens with one attached hydrogen (secondary N) is 1. The lowest BCUT2D eigenvalue weighted by atomic mass is 9.74. The predicted octanol–water partition coefficient (Wildman–Crippen LogP) is 0.498. The summed E-state index contributed by atoms with van der Waals surface area (Å²) in [6.07, 6.45) is 2.27. The van der Waals surface area contributed by atoms with E-state index in [-0.39, 0.29) is 11.3 Å². The number of carbonyl (C=O) groups is 1. The van der Waals surface area contributed by atoms with Gasteiger partial charge in [0.05, 0.1) is 0 Å². The van der Waals surface area contributed by atoms with Gasteiger partial charge in [0.2, 0.25) is 5.91 Å². The van der Waals surface area contributed by atoms with Crippen LogP contribution in [0.1, 0.15) is 26.7 Å². The van der Waals surface area contributed by atoms with Gasteiger partial charge in [-0.3, -0.25) is 4.79 Å². The molecule has 1 heterocycles. The van der Waals surface area contributed by atoms with Crippen LogP contribution in [-0.4, -0.2) is 19.0 Å². The van der Waals surface area contributed by atoms with Crippen molar-refractivity contribution in [3.05, 3.63) is 0 Å². The number of hydrogen-bond donors (Lipinski definition) is 2. The van der Waals surface area contributed by atoms with Crippen molar-refractivity contribution >= 4 is 5.91 Å². The van der Waals surface area contributed by atoms with Gasteiger partial charge in [0.25, 0.3) is 0 Å². The fourth-order valence-corrected chi connectivity index (χ4v) is 1.67. The van der Waals surface area contributed by atoms with Crippen LogP contribution in [0.4, 0.5) is 0 Å². The minimum absolute atomic E-state index is 0.184. The van der Waals surface area contributed by atoms with Crippen molar-refractivity contribution in [3.8, 4) is 0 Å². The molecule has 0 saturated carbocycles. The molecule has 0 aromatic rings. The molecular weight excluding hydrogens is 152 g/mol. The molecule has 0 aromatic carbocycles. The normalized spacial score (nSPS) is 25.3. The maximum atomic E-state index is 11.1. The van der Waals surface area contributed by atoms with Crippen LogP contribution < -0.4 is 11.1 Å². The molecule has 1 aliphatic rings. The molecular formula is C9H18N2O. The Labute approximate surface area is 73.7 Å². The van der Waals surface area contributed by atoms with E-state index >= 15 is 0 Å². The van der Waals surface area contributed by atoms with Crippen molar-refractivity contribution in [1.29, 1.82) is 0 Å². The highest BCUT2D eigenvalue weighted by atomic mass is 16.1. The molecule has 1 rings (SSSR count). The number of amides is 1. The van der Waals surface area contributed by atoms with Crippen molar-refractivity contribution < 1.29 is 4.79 Å². The van der Waals surface area contributed by atoms with Gasteiger partial charge in [0.1, 0.15) is 0 Å². The summed E-state index contributed by atoms with van der Waals surface area (Å²) in [5, 5.41) is 3.29. The summed E-state index contributed by atoms with van der Waals surface area (Å²) < 4.78 is 0. The Bertz CT molecular complexity index is 171. The van der Waals surface area contributed by atoms with Crippen LogP contribution in [0.2, 0.25) is 0 Å². The zero-order valence-electron chi connectivity index (χ0n) is 7.89. The maximum absolute atomic E-state index is 11.1. The summed E-state index contributed by atoms with van der Waals surface area (Å²) in [6.45, 7) is 5.88. The number of hydrogen-bond acceptors (Lipinski definition) is 2. The van der Waals surface area contributed by atoms with Gasteiger partial charge in [0.15, 0.2) is 0 Å². The van der Waals surface area contributed by atoms with Gasteiger partial charge < -0.3 is 11.1 Å². The van der Waals surface area contributed by atoms with Crippen molar-refractivity contribution in [2.24, 2.45) is 17.1 Å². The Morgan fingerprint density at radius 2 is 2.25 bits per heavy atom. The number of primary amides is 1. The van der Waals surface area contributed by atoms with Gasteiger partial charge in [0, 0.05) is 5.41 Å². The summed E-state index contributed by atoms with van der Waals surface area (Å²) in [5.74, 6) is 0.222. The SMILES string of the molecule is CC(C)(C(N)=O)C1CCCNC1. The second-order valence-electron chi connectivity index (χ2n) is 4.13. The van der Waals surface area contributed by atoms with Gasteiger partial charge in [-0.1, -0.05) is 13.8 Å². The lowest BCUT2D eigenvalue weighted by molar-refractivity contribution is -0.129. The van der Waals surface area contributed by atoms with E-state index in [0.717, 1.165) is 25.9 Å². The van der Waals surface area contributed by atoms with Crippen LogP contribution >= 0.6 is 0 Å². The summed E-state index contributed by atoms with van der Waals surface area (Å²) in [5.41, 5.74) is 4.98. The topological polar surface area (TPSA) is 55.1 Å². The molecule has 1 saturated heterocycles. The van der Waals surface area contributed by atoms with Gasteiger partial charge in [-0.15, -0.1) is 0 Å². The highest BCUT2D eigenvalue weighted by Gasteiger charge is 2.35. The first-order chi connectivity index (χ1) is 5.55. The molecule has 3 nitrogen and oxygen atoms in total. The summed E-state index contributed by atoms with van der Waals surface area (Å²) in [4.78, 5) is 11.1. The molecule has 1 amide bonds. The summed E-state index contributed by atoms with van der Waals surface area (Å²) >= 11 is 0. The van der Waals surface area contributed by atoms with Gasteiger partial charge in [-0.05, 0) is 31.8 Å². The van der Waals surface area contributed by atoms with Gasteiger partial charge in [-0.25, -0.2) is 0 Å². The predicted molar refractivity (Wildman–Crippen MR) is 48.6 cm³/mol. The van der Waals surface area contributed by atoms with E-state index in [1.807, 2.05) is 13.8 Å². The fourth-order valence-electron chi connectivity index (χ4n) is 1.67. The van der Waals surface area contributed by atoms with E-state index in [1.165, 1.54) is 0 Å². The minimum Gasteiger partial charge on any atom is -0.369 e. The second-order valence-corrected chi connectivity index (χ2v) is 4.13. The lowest BCUT2D eigenvalue weighted by Gasteiger charge is -2.34. The van der Waals surface area contributed by atoms with Crippen LogP contribution in [0.15, 0.2) is 0 Å². The molecule has 12 heavy (non-hydrogen) atoms. The fraction of sp³-hybridized carbons (Fsp3) is 0.889. The van der Waals surface area contributed by atoms with E-state index < -0.39 is 0 Å². The molecule has 70 valence electrons. The highest BCUT2D eigenvalue weighted by molar-refractivity contribution is 5.80. The number of nitrogens with two attached hydrogens (primary N) is 1. The summed E-state index contributed by atoms with van der Waals surface area (Å²) in [7, 11) is 0. The van der Waals surface area contributed by atoms with Crippen molar-refractivity contribution in [3.63, 3.8) is 0 Å². The lowest BCUT2D eigenvalue weighted by Crippen LogP contribution is -2.45. The maximum Gasteiger partial charge on any atom is 0.223 e. The molecule has 0 bridgehead atoms. The zero-order chi connectivity index (χ0) is 9.19. The van der Waals surface area contributed by atoms with Crippen molar-refractivity contribution in [2.75, 3.05) is 13.1 Å². The molecule has 0 radical (unpaired) electrons. The third kappa shape index (κ3) is 1.78. The Hall–Kier alpha value is -0.570. The Morgan fingerprint density at radius 1 is 1.58 bits per heavy atom. The van der Waals surface area contributed by atoms with E-state index in [9.17, 15) is 4.79 Å². The molecule has 0 spiro atoms. The van der Waals surface area contributed by atoms with Crippen LogP contribution in [0.3, 0.4) is 0 Å². The van der Waals surface area contributed by atoms with Crippen LogP contribution in [0.25, 0.3) is 0 Å². The Balaban J connectivity index is 2.59. The van der Waals surface area contributed by atoms with Gasteiger partial charge in [-0.2, -0.15) is 0 Å². The Kier molecular flexibility index (Phi) is 2.73. The minimum atomic E-state index is -0.354. The molecule has 0 aromatic heterocycles. The van der Waals surface area contributed by atoms with Crippen LogP contribution in [0.5, 0.6) is 0 Å². The van der Waals surface area contributed by atoms with E-state index in [2.05, 4.69) is 5.32 Å².